The van der Waals surface area contributed by atoms with Crippen LogP contribution in [0.15, 0.2) is 77.7 Å². The number of rotatable bonds is 7. The van der Waals surface area contributed by atoms with E-state index in [2.05, 4.69) is 10.0 Å². The number of hydrogen-bond donors (Lipinski definition) is 4. The van der Waals surface area contributed by atoms with Gasteiger partial charge in [0.1, 0.15) is 5.84 Å². The van der Waals surface area contributed by atoms with Gasteiger partial charge >= 0.3 is 6.03 Å². The number of carbonyl (C=O) groups is 1. The van der Waals surface area contributed by atoms with Crippen molar-refractivity contribution in [2.75, 3.05) is 22.7 Å². The van der Waals surface area contributed by atoms with Gasteiger partial charge in [0.15, 0.2) is 0 Å². The third-order valence-corrected chi connectivity index (χ3v) is 7.10. The Hall–Kier alpha value is -3.85. The molecule has 2 amide bonds. The first kappa shape index (κ1) is 23.3. The van der Waals surface area contributed by atoms with Crippen LogP contribution in [0.4, 0.5) is 16.2 Å². The summed E-state index contributed by atoms with van der Waals surface area (Å²) >= 11 is 0. The molecular formula is C25H27N5O3S. The van der Waals surface area contributed by atoms with Gasteiger partial charge in [-0.25, -0.2) is 13.2 Å². The predicted octanol–water partition coefficient (Wildman–Crippen LogP) is 3.48. The molecule has 9 heteroatoms. The monoisotopic (exact) mass is 477 g/mol. The molecule has 176 valence electrons. The van der Waals surface area contributed by atoms with Crippen LogP contribution in [0.2, 0.25) is 0 Å². The van der Waals surface area contributed by atoms with Crippen molar-refractivity contribution in [1.82, 2.24) is 5.32 Å². The molecule has 3 aromatic carbocycles. The SMILES string of the molecule is N=C(N)c1ccc(CCNC(=O)N2CCCc3cc(NS(=O)(=O)c4ccccc4)ccc32)cc1. The molecule has 0 radical (unpaired) electrons. The summed E-state index contributed by atoms with van der Waals surface area (Å²) < 4.78 is 27.9. The maximum absolute atomic E-state index is 12.9. The van der Waals surface area contributed by atoms with E-state index in [9.17, 15) is 13.2 Å². The van der Waals surface area contributed by atoms with Crippen LogP contribution >= 0.6 is 0 Å². The van der Waals surface area contributed by atoms with Gasteiger partial charge in [0, 0.05) is 30.0 Å². The Morgan fingerprint density at radius 1 is 1.03 bits per heavy atom. The molecule has 0 saturated heterocycles. The highest BCUT2D eigenvalue weighted by Gasteiger charge is 2.23. The smallest absolute Gasteiger partial charge is 0.321 e. The molecule has 0 atom stereocenters. The third kappa shape index (κ3) is 5.37. The van der Waals surface area contributed by atoms with Crippen LogP contribution in [-0.2, 0) is 22.9 Å². The summed E-state index contributed by atoms with van der Waals surface area (Å²) in [6.07, 6.45) is 2.22. The molecule has 0 aromatic heterocycles. The zero-order chi connectivity index (χ0) is 24.1. The normalized spacial score (nSPS) is 13.1. The number of benzene rings is 3. The van der Waals surface area contributed by atoms with E-state index in [1.54, 1.807) is 65.6 Å². The number of amidine groups is 1. The second-order valence-corrected chi connectivity index (χ2v) is 9.79. The second-order valence-electron chi connectivity index (χ2n) is 8.11. The van der Waals surface area contributed by atoms with E-state index in [0.29, 0.717) is 30.8 Å². The first-order valence-corrected chi connectivity index (χ1v) is 12.5. The quantitative estimate of drug-likeness (QED) is 0.307. The minimum atomic E-state index is -3.68. The summed E-state index contributed by atoms with van der Waals surface area (Å²) in [4.78, 5) is 14.8. The fraction of sp³-hybridized carbons (Fsp3) is 0.200. The number of sulfonamides is 1. The van der Waals surface area contributed by atoms with Crippen molar-refractivity contribution in [3.63, 3.8) is 0 Å². The average molecular weight is 478 g/mol. The molecule has 0 fully saturated rings. The van der Waals surface area contributed by atoms with Crippen LogP contribution in [0.3, 0.4) is 0 Å². The molecule has 1 heterocycles. The number of anilines is 2. The molecule has 4 rings (SSSR count). The third-order valence-electron chi connectivity index (χ3n) is 5.70. The predicted molar refractivity (Wildman–Crippen MR) is 134 cm³/mol. The summed E-state index contributed by atoms with van der Waals surface area (Å²) in [5.41, 5.74) is 9.37. The zero-order valence-corrected chi connectivity index (χ0v) is 19.4. The lowest BCUT2D eigenvalue weighted by molar-refractivity contribution is 0.246. The van der Waals surface area contributed by atoms with E-state index in [-0.39, 0.29) is 16.8 Å². The van der Waals surface area contributed by atoms with Crippen LogP contribution in [-0.4, -0.2) is 33.4 Å². The van der Waals surface area contributed by atoms with Crippen molar-refractivity contribution in [2.45, 2.75) is 24.2 Å². The number of aryl methyl sites for hydroxylation is 1. The summed E-state index contributed by atoms with van der Waals surface area (Å²) in [6.45, 7) is 1.07. The number of nitrogens with zero attached hydrogens (tertiary/aromatic N) is 1. The zero-order valence-electron chi connectivity index (χ0n) is 18.6. The van der Waals surface area contributed by atoms with Crippen molar-refractivity contribution >= 4 is 33.3 Å². The van der Waals surface area contributed by atoms with Crippen molar-refractivity contribution in [2.24, 2.45) is 5.73 Å². The molecule has 34 heavy (non-hydrogen) atoms. The van der Waals surface area contributed by atoms with Crippen LogP contribution in [0.1, 0.15) is 23.1 Å². The van der Waals surface area contributed by atoms with Gasteiger partial charge in [0.2, 0.25) is 0 Å². The van der Waals surface area contributed by atoms with E-state index in [1.165, 1.54) is 0 Å². The molecule has 1 aliphatic rings. The van der Waals surface area contributed by atoms with Crippen LogP contribution in [0, 0.1) is 5.41 Å². The van der Waals surface area contributed by atoms with Crippen molar-refractivity contribution in [3.05, 3.63) is 89.5 Å². The van der Waals surface area contributed by atoms with Gasteiger partial charge < -0.3 is 11.1 Å². The van der Waals surface area contributed by atoms with Crippen LogP contribution < -0.4 is 20.7 Å². The molecule has 8 nitrogen and oxygen atoms in total. The Balaban J connectivity index is 1.39. The number of nitrogen functional groups attached to an aromatic ring is 1. The number of carbonyl (C=O) groups excluding carboxylic acids is 1. The molecule has 5 N–H and O–H groups in total. The van der Waals surface area contributed by atoms with E-state index >= 15 is 0 Å². The standard InChI is InChI=1S/C25H27N5O3S/c26-24(27)19-10-8-18(9-11-19)14-15-28-25(31)30-16-4-5-20-17-21(12-13-23(20)30)29-34(32,33)22-6-2-1-3-7-22/h1-3,6-13,17,29H,4-5,14-16H2,(H3,26,27)(H,28,31). The Labute approximate surface area is 199 Å². The van der Waals surface area contributed by atoms with Crippen molar-refractivity contribution in [1.29, 1.82) is 5.41 Å². The number of urea groups is 1. The van der Waals surface area contributed by atoms with Gasteiger partial charge in [-0.2, -0.15) is 0 Å². The molecule has 0 saturated carbocycles. The van der Waals surface area contributed by atoms with Crippen molar-refractivity contribution < 1.29 is 13.2 Å². The minimum absolute atomic E-state index is 0.0274. The Morgan fingerprint density at radius 3 is 2.47 bits per heavy atom. The Bertz CT molecular complexity index is 1290. The molecular weight excluding hydrogens is 450 g/mol. The maximum Gasteiger partial charge on any atom is 0.321 e. The molecule has 0 aliphatic carbocycles. The largest absolute Gasteiger partial charge is 0.384 e. The number of fused-ring (bicyclic) bond motifs is 1. The van der Waals surface area contributed by atoms with Gasteiger partial charge in [-0.15, -0.1) is 0 Å². The number of hydrogen-bond acceptors (Lipinski definition) is 4. The highest BCUT2D eigenvalue weighted by Crippen LogP contribution is 2.30. The van der Waals surface area contributed by atoms with E-state index in [1.807, 2.05) is 12.1 Å². The van der Waals surface area contributed by atoms with Gasteiger partial charge in [0.05, 0.1) is 4.90 Å². The summed E-state index contributed by atoms with van der Waals surface area (Å²) in [5.74, 6) is 0.0274. The topological polar surface area (TPSA) is 128 Å². The van der Waals surface area contributed by atoms with E-state index < -0.39 is 10.0 Å². The summed E-state index contributed by atoms with van der Waals surface area (Å²) in [6, 6.07) is 20.7. The number of nitrogens with two attached hydrogens (primary N) is 1. The first-order chi connectivity index (χ1) is 16.3. The van der Waals surface area contributed by atoms with Crippen LogP contribution in [0.25, 0.3) is 0 Å². The highest BCUT2D eigenvalue weighted by molar-refractivity contribution is 7.92. The van der Waals surface area contributed by atoms with Crippen molar-refractivity contribution in [3.8, 4) is 0 Å². The average Bonchev–Trinajstić information content (AvgIpc) is 2.84. The molecule has 0 bridgehead atoms. The van der Waals surface area contributed by atoms with Gasteiger partial charge in [-0.3, -0.25) is 15.0 Å². The highest BCUT2D eigenvalue weighted by atomic mass is 32.2. The summed E-state index contributed by atoms with van der Waals surface area (Å²) in [7, 11) is -3.68. The Morgan fingerprint density at radius 2 is 1.76 bits per heavy atom. The summed E-state index contributed by atoms with van der Waals surface area (Å²) in [5, 5.41) is 10.4. The number of nitrogens with one attached hydrogen (secondary N) is 3. The molecule has 0 unspecified atom stereocenters. The van der Waals surface area contributed by atoms with Gasteiger partial charge in [0.25, 0.3) is 10.0 Å². The lowest BCUT2D eigenvalue weighted by atomic mass is 10.0. The van der Waals surface area contributed by atoms with E-state index in [4.69, 9.17) is 11.1 Å². The molecule has 1 aliphatic heterocycles. The fourth-order valence-corrected chi connectivity index (χ4v) is 5.02. The minimum Gasteiger partial charge on any atom is -0.384 e. The fourth-order valence-electron chi connectivity index (χ4n) is 3.95. The first-order valence-electron chi connectivity index (χ1n) is 11.0. The molecule has 0 spiro atoms. The maximum atomic E-state index is 12.9. The van der Waals surface area contributed by atoms with E-state index in [0.717, 1.165) is 29.7 Å². The van der Waals surface area contributed by atoms with Crippen LogP contribution in [0.5, 0.6) is 0 Å². The second kappa shape index (κ2) is 9.96. The lowest BCUT2D eigenvalue weighted by Gasteiger charge is -2.30. The van der Waals surface area contributed by atoms with Gasteiger partial charge in [-0.1, -0.05) is 42.5 Å². The number of amides is 2. The van der Waals surface area contributed by atoms with Gasteiger partial charge in [-0.05, 0) is 60.7 Å². The lowest BCUT2D eigenvalue weighted by Crippen LogP contribution is -2.43. The Kier molecular flexibility index (Phi) is 6.83. The molecule has 3 aromatic rings.